The van der Waals surface area contributed by atoms with E-state index in [2.05, 4.69) is 20.6 Å². The molecule has 2 heterocycles. The molecule has 0 spiro atoms. The van der Waals surface area contributed by atoms with Crippen molar-refractivity contribution < 1.29 is 9.59 Å². The molecule has 2 aromatic carbocycles. The molecule has 1 aromatic heterocycles. The molecule has 0 radical (unpaired) electrons. The Labute approximate surface area is 162 Å². The minimum atomic E-state index is -1.43. The van der Waals surface area contributed by atoms with Crippen LogP contribution in [0.4, 0.5) is 5.69 Å². The lowest BCUT2D eigenvalue weighted by Gasteiger charge is -2.32. The number of aromatic nitrogens is 1. The molecule has 142 valence electrons. The van der Waals surface area contributed by atoms with Crippen LogP contribution in [0.15, 0.2) is 53.7 Å². The van der Waals surface area contributed by atoms with E-state index in [1.165, 1.54) is 6.34 Å². The van der Waals surface area contributed by atoms with E-state index in [-0.39, 0.29) is 0 Å². The number of nitrogens with two attached hydrogens (primary N) is 1. The van der Waals surface area contributed by atoms with Crippen molar-refractivity contribution in [2.24, 2.45) is 10.7 Å². The summed E-state index contributed by atoms with van der Waals surface area (Å²) < 4.78 is 0. The molecule has 2 unspecified atom stereocenters. The number of aryl methyl sites for hydroxylation is 2. The fourth-order valence-electron chi connectivity index (χ4n) is 3.83. The van der Waals surface area contributed by atoms with Crippen molar-refractivity contribution in [1.82, 2.24) is 10.3 Å². The second-order valence-electron chi connectivity index (χ2n) is 7.08. The largest absolute Gasteiger partial charge is 0.367 e. The highest BCUT2D eigenvalue weighted by molar-refractivity contribution is 6.05. The van der Waals surface area contributed by atoms with E-state index in [1.54, 1.807) is 6.07 Å². The lowest BCUT2D eigenvalue weighted by molar-refractivity contribution is -0.129. The molecule has 7 nitrogen and oxygen atoms in total. The molecular weight excluding hydrogens is 354 g/mol. The van der Waals surface area contributed by atoms with Gasteiger partial charge >= 0.3 is 0 Å². The topological polar surface area (TPSA) is 112 Å². The standard InChI is InChI=1S/C21H21N5O2/c1-12-3-5-16(13(2)9-12)21(20(22)28)18(24-11-25-21)19(27)26-15-4-6-17-14(10-15)7-8-23-17/h3-11,18,23H,1-2H3,(H2,22,28)(H,24,25)(H,26,27). The maximum atomic E-state index is 13.1. The molecule has 0 bridgehead atoms. The van der Waals surface area contributed by atoms with Gasteiger partial charge in [-0.25, -0.2) is 0 Å². The molecule has 0 saturated heterocycles. The van der Waals surface area contributed by atoms with Crippen LogP contribution in [-0.4, -0.2) is 29.2 Å². The number of hydrogen-bond donors (Lipinski definition) is 4. The average molecular weight is 375 g/mol. The van der Waals surface area contributed by atoms with Gasteiger partial charge in [-0.3, -0.25) is 14.6 Å². The number of anilines is 1. The number of hydrogen-bond acceptors (Lipinski definition) is 4. The lowest BCUT2D eigenvalue weighted by atomic mass is 9.80. The smallest absolute Gasteiger partial charge is 0.252 e. The summed E-state index contributed by atoms with van der Waals surface area (Å²) >= 11 is 0. The van der Waals surface area contributed by atoms with E-state index >= 15 is 0 Å². The van der Waals surface area contributed by atoms with Crippen molar-refractivity contribution in [3.05, 3.63) is 65.4 Å². The van der Waals surface area contributed by atoms with E-state index in [4.69, 9.17) is 5.73 Å². The van der Waals surface area contributed by atoms with Crippen LogP contribution in [0.5, 0.6) is 0 Å². The molecule has 2 amide bonds. The zero-order valence-electron chi connectivity index (χ0n) is 15.6. The maximum Gasteiger partial charge on any atom is 0.252 e. The fraction of sp³-hybridized carbons (Fsp3) is 0.190. The Morgan fingerprint density at radius 3 is 2.71 bits per heavy atom. The van der Waals surface area contributed by atoms with Crippen LogP contribution in [0.2, 0.25) is 0 Å². The molecule has 7 heteroatoms. The van der Waals surface area contributed by atoms with Gasteiger partial charge in [-0.1, -0.05) is 23.8 Å². The predicted molar refractivity (Wildman–Crippen MR) is 109 cm³/mol. The second-order valence-corrected chi connectivity index (χ2v) is 7.08. The third kappa shape index (κ3) is 2.72. The number of nitrogens with zero attached hydrogens (tertiary/aromatic N) is 1. The minimum absolute atomic E-state index is 0.407. The van der Waals surface area contributed by atoms with E-state index in [9.17, 15) is 9.59 Å². The Morgan fingerprint density at radius 1 is 1.14 bits per heavy atom. The van der Waals surface area contributed by atoms with Crippen LogP contribution >= 0.6 is 0 Å². The Kier molecular flexibility index (Phi) is 4.15. The van der Waals surface area contributed by atoms with E-state index in [1.807, 2.05) is 56.4 Å². The fourth-order valence-corrected chi connectivity index (χ4v) is 3.83. The quantitative estimate of drug-likeness (QED) is 0.560. The summed E-state index contributed by atoms with van der Waals surface area (Å²) in [5, 5.41) is 6.79. The van der Waals surface area contributed by atoms with Crippen LogP contribution in [0, 0.1) is 13.8 Å². The minimum Gasteiger partial charge on any atom is -0.367 e. The van der Waals surface area contributed by atoms with E-state index in [0.717, 1.165) is 22.0 Å². The molecule has 4 rings (SSSR count). The zero-order chi connectivity index (χ0) is 19.9. The average Bonchev–Trinajstić information content (AvgIpc) is 3.28. The monoisotopic (exact) mass is 375 g/mol. The number of nitrogens with one attached hydrogen (secondary N) is 3. The van der Waals surface area contributed by atoms with Crippen molar-refractivity contribution in [3.63, 3.8) is 0 Å². The number of aromatic amines is 1. The lowest BCUT2D eigenvalue weighted by Crippen LogP contribution is -2.59. The first-order valence-electron chi connectivity index (χ1n) is 8.97. The Bertz CT molecular complexity index is 1120. The summed E-state index contributed by atoms with van der Waals surface area (Å²) in [5.74, 6) is -1.06. The number of fused-ring (bicyclic) bond motifs is 1. The van der Waals surface area contributed by atoms with Gasteiger partial charge in [0.25, 0.3) is 11.8 Å². The van der Waals surface area contributed by atoms with Crippen molar-refractivity contribution in [2.45, 2.75) is 25.4 Å². The van der Waals surface area contributed by atoms with Crippen LogP contribution < -0.4 is 16.4 Å². The van der Waals surface area contributed by atoms with Crippen LogP contribution in [0.3, 0.4) is 0 Å². The van der Waals surface area contributed by atoms with E-state index in [0.29, 0.717) is 11.3 Å². The predicted octanol–water partition coefficient (Wildman–Crippen LogP) is 2.10. The summed E-state index contributed by atoms with van der Waals surface area (Å²) in [7, 11) is 0. The van der Waals surface area contributed by atoms with Crippen molar-refractivity contribution in [1.29, 1.82) is 0 Å². The molecule has 1 aliphatic heterocycles. The summed E-state index contributed by atoms with van der Waals surface area (Å²) in [6, 6.07) is 12.1. The first-order chi connectivity index (χ1) is 13.4. The SMILES string of the molecule is Cc1ccc(C2(C(N)=O)NC=NC2C(=O)Nc2ccc3[nH]ccc3c2)c(C)c1. The molecular formula is C21H21N5O2. The molecule has 0 aliphatic carbocycles. The molecule has 2 atom stereocenters. The third-order valence-electron chi connectivity index (χ3n) is 5.19. The number of primary amides is 1. The molecule has 1 aliphatic rings. The Hall–Kier alpha value is -3.61. The first kappa shape index (κ1) is 17.8. The molecule has 5 N–H and O–H groups in total. The number of benzene rings is 2. The number of carbonyl (C=O) groups is 2. The summed E-state index contributed by atoms with van der Waals surface area (Å²) in [4.78, 5) is 33.0. The Morgan fingerprint density at radius 2 is 1.96 bits per heavy atom. The number of carbonyl (C=O) groups excluding carboxylic acids is 2. The number of amides is 2. The van der Waals surface area contributed by atoms with E-state index < -0.39 is 23.4 Å². The van der Waals surface area contributed by atoms with Gasteiger partial charge in [0.1, 0.15) is 0 Å². The maximum absolute atomic E-state index is 13.1. The van der Waals surface area contributed by atoms with Gasteiger partial charge in [-0.05, 0) is 49.2 Å². The number of aliphatic imine (C=N–C) groups is 1. The molecule has 3 aromatic rings. The number of H-pyrrole nitrogens is 1. The van der Waals surface area contributed by atoms with Crippen LogP contribution in [0.1, 0.15) is 16.7 Å². The summed E-state index contributed by atoms with van der Waals surface area (Å²) in [5.41, 5.74) is 8.52. The van der Waals surface area contributed by atoms with Crippen molar-refractivity contribution >= 4 is 34.7 Å². The highest BCUT2D eigenvalue weighted by Crippen LogP contribution is 2.33. The van der Waals surface area contributed by atoms with Gasteiger partial charge in [-0.2, -0.15) is 0 Å². The zero-order valence-corrected chi connectivity index (χ0v) is 15.6. The number of rotatable bonds is 4. The summed E-state index contributed by atoms with van der Waals surface area (Å²) in [6.07, 6.45) is 3.21. The van der Waals surface area contributed by atoms with Gasteiger partial charge in [0.15, 0.2) is 11.6 Å². The normalized spacial score (nSPS) is 20.9. The third-order valence-corrected chi connectivity index (χ3v) is 5.19. The summed E-state index contributed by atoms with van der Waals surface area (Å²) in [6.45, 7) is 3.86. The van der Waals surface area contributed by atoms with Crippen LogP contribution in [-0.2, 0) is 15.1 Å². The van der Waals surface area contributed by atoms with Gasteiger partial charge in [0.05, 0.1) is 6.34 Å². The van der Waals surface area contributed by atoms with Gasteiger partial charge in [0, 0.05) is 22.8 Å². The van der Waals surface area contributed by atoms with Crippen molar-refractivity contribution in [3.8, 4) is 0 Å². The Balaban J connectivity index is 1.70. The van der Waals surface area contributed by atoms with Gasteiger partial charge in [0.2, 0.25) is 0 Å². The van der Waals surface area contributed by atoms with Gasteiger partial charge < -0.3 is 21.4 Å². The highest BCUT2D eigenvalue weighted by atomic mass is 16.2. The van der Waals surface area contributed by atoms with Gasteiger partial charge in [-0.15, -0.1) is 0 Å². The molecule has 28 heavy (non-hydrogen) atoms. The first-order valence-corrected chi connectivity index (χ1v) is 8.97. The van der Waals surface area contributed by atoms with Crippen molar-refractivity contribution in [2.75, 3.05) is 5.32 Å². The molecule has 0 fully saturated rings. The van der Waals surface area contributed by atoms with Crippen LogP contribution in [0.25, 0.3) is 10.9 Å². The second kappa shape index (κ2) is 6.53. The molecule has 0 saturated carbocycles. The highest BCUT2D eigenvalue weighted by Gasteiger charge is 2.52.